The predicted octanol–water partition coefficient (Wildman–Crippen LogP) is 5.90. The average molecular weight is 477 g/mol. The number of aromatic hydroxyl groups is 1. The fraction of sp³-hybridized carbons (Fsp3) is 0.192. The number of carbonyl (C=O) groups excluding carboxylic acids is 1. The number of halogens is 1. The lowest BCUT2D eigenvalue weighted by molar-refractivity contribution is -0.115. The summed E-state index contributed by atoms with van der Waals surface area (Å²) in [5.74, 6) is 1.62. The zero-order valence-corrected chi connectivity index (χ0v) is 19.9. The first-order valence-corrected chi connectivity index (χ1v) is 11.1. The fourth-order valence-electron chi connectivity index (χ4n) is 3.27. The number of phenolic OH excluding ortho intramolecular Hbond substituents is 1. The number of hydrogen-bond donors (Lipinski definition) is 2. The molecule has 174 valence electrons. The average Bonchev–Trinajstić information content (AvgIpc) is 3.21. The second-order valence-electron chi connectivity index (χ2n) is 8.87. The fourth-order valence-corrected chi connectivity index (χ4v) is 3.51. The third-order valence-corrected chi connectivity index (χ3v) is 5.37. The van der Waals surface area contributed by atoms with Crippen molar-refractivity contribution < 1.29 is 14.6 Å². The van der Waals surface area contributed by atoms with Gasteiger partial charge in [0.2, 0.25) is 5.91 Å². The van der Waals surface area contributed by atoms with Gasteiger partial charge in [0.1, 0.15) is 23.1 Å². The molecule has 0 aliphatic rings. The van der Waals surface area contributed by atoms with Gasteiger partial charge in [-0.05, 0) is 54.1 Å². The normalized spacial score (nSPS) is 11.3. The van der Waals surface area contributed by atoms with Gasteiger partial charge in [-0.15, -0.1) is 0 Å². The second kappa shape index (κ2) is 9.57. The molecule has 0 bridgehead atoms. The highest BCUT2D eigenvalue weighted by molar-refractivity contribution is 6.32. The largest absolute Gasteiger partial charge is 0.508 e. The van der Waals surface area contributed by atoms with E-state index in [9.17, 15) is 9.90 Å². The summed E-state index contributed by atoms with van der Waals surface area (Å²) in [4.78, 5) is 16.9. The van der Waals surface area contributed by atoms with E-state index in [0.29, 0.717) is 22.3 Å². The number of carbonyl (C=O) groups is 1. The molecule has 2 N–H and O–H groups in total. The van der Waals surface area contributed by atoms with E-state index in [0.717, 1.165) is 16.9 Å². The van der Waals surface area contributed by atoms with Crippen LogP contribution in [0.4, 0.5) is 5.82 Å². The molecule has 0 radical (unpaired) electrons. The van der Waals surface area contributed by atoms with Gasteiger partial charge < -0.3 is 15.2 Å². The summed E-state index contributed by atoms with van der Waals surface area (Å²) in [5.41, 5.74) is 2.09. The summed E-state index contributed by atoms with van der Waals surface area (Å²) >= 11 is 6.39. The van der Waals surface area contributed by atoms with Crippen LogP contribution in [-0.4, -0.2) is 25.8 Å². The highest BCUT2D eigenvalue weighted by atomic mass is 35.5. The zero-order chi connectivity index (χ0) is 24.3. The van der Waals surface area contributed by atoms with Crippen molar-refractivity contribution in [2.75, 3.05) is 5.32 Å². The van der Waals surface area contributed by atoms with Crippen molar-refractivity contribution in [2.45, 2.75) is 32.6 Å². The molecule has 4 aromatic rings. The molecule has 0 unspecified atom stereocenters. The molecule has 7 nitrogen and oxygen atoms in total. The number of phenols is 1. The summed E-state index contributed by atoms with van der Waals surface area (Å²) in [6, 6.07) is 17.2. The summed E-state index contributed by atoms with van der Waals surface area (Å²) in [6.07, 6.45) is 3.40. The van der Waals surface area contributed by atoms with Crippen molar-refractivity contribution in [2.24, 2.45) is 0 Å². The first kappa shape index (κ1) is 23.3. The molecule has 0 atom stereocenters. The Labute approximate surface area is 203 Å². The lowest BCUT2D eigenvalue weighted by Gasteiger charge is -2.14. The molecule has 8 heteroatoms. The van der Waals surface area contributed by atoms with Crippen LogP contribution in [0.25, 0.3) is 5.69 Å². The molecule has 1 amide bonds. The molecule has 0 saturated heterocycles. The van der Waals surface area contributed by atoms with Crippen LogP contribution >= 0.6 is 11.6 Å². The lowest BCUT2D eigenvalue weighted by atomic mass is 9.92. The van der Waals surface area contributed by atoms with Gasteiger partial charge in [-0.3, -0.25) is 9.78 Å². The first-order chi connectivity index (χ1) is 16.2. The minimum atomic E-state index is -0.209. The van der Waals surface area contributed by atoms with Gasteiger partial charge in [-0.1, -0.05) is 38.4 Å². The number of amides is 1. The molecule has 2 heterocycles. The maximum Gasteiger partial charge on any atom is 0.229 e. The Morgan fingerprint density at radius 3 is 2.41 bits per heavy atom. The van der Waals surface area contributed by atoms with Crippen molar-refractivity contribution in [3.05, 3.63) is 89.3 Å². The van der Waals surface area contributed by atoms with Gasteiger partial charge in [-0.2, -0.15) is 5.10 Å². The number of ether oxygens (including phenoxy) is 1. The van der Waals surface area contributed by atoms with Gasteiger partial charge >= 0.3 is 0 Å². The highest BCUT2D eigenvalue weighted by Gasteiger charge is 2.21. The Hall–Kier alpha value is -3.84. The van der Waals surface area contributed by atoms with Gasteiger partial charge in [0.05, 0.1) is 22.8 Å². The lowest BCUT2D eigenvalue weighted by Crippen LogP contribution is -2.17. The Morgan fingerprint density at radius 2 is 1.76 bits per heavy atom. The third-order valence-electron chi connectivity index (χ3n) is 5.08. The molecule has 0 spiro atoms. The van der Waals surface area contributed by atoms with Crippen molar-refractivity contribution in [3.63, 3.8) is 0 Å². The molecule has 0 aliphatic carbocycles. The Balaban J connectivity index is 1.52. The zero-order valence-electron chi connectivity index (χ0n) is 19.1. The van der Waals surface area contributed by atoms with E-state index in [-0.39, 0.29) is 23.5 Å². The maximum absolute atomic E-state index is 12.9. The smallest absolute Gasteiger partial charge is 0.229 e. The van der Waals surface area contributed by atoms with Crippen molar-refractivity contribution in [1.82, 2.24) is 14.8 Å². The molecular formula is C26H25ClN4O3. The van der Waals surface area contributed by atoms with Crippen LogP contribution in [0.2, 0.25) is 5.02 Å². The molecule has 0 fully saturated rings. The molecular weight excluding hydrogens is 452 g/mol. The number of pyridine rings is 1. The number of nitrogens with one attached hydrogen (secondary N) is 1. The Bertz CT molecular complexity index is 1300. The summed E-state index contributed by atoms with van der Waals surface area (Å²) in [6.45, 7) is 6.17. The standard InChI is InChI=1S/C26H25ClN4O3/c1-26(2,3)23-16-24(31(30-23)18-5-7-19(32)8-6-18)29-25(33)15-17-4-9-22(21(27)14-17)34-20-10-12-28-13-11-20/h4-14,16,32H,15H2,1-3H3,(H,29,33). The monoisotopic (exact) mass is 476 g/mol. The SMILES string of the molecule is CC(C)(C)c1cc(NC(=O)Cc2ccc(Oc3ccncc3)c(Cl)c2)n(-c2ccc(O)cc2)n1. The molecule has 2 aromatic heterocycles. The highest BCUT2D eigenvalue weighted by Crippen LogP contribution is 2.31. The molecule has 0 saturated carbocycles. The van der Waals surface area contributed by atoms with E-state index >= 15 is 0 Å². The Morgan fingerprint density at radius 1 is 1.06 bits per heavy atom. The van der Waals surface area contributed by atoms with E-state index in [4.69, 9.17) is 16.3 Å². The summed E-state index contributed by atoms with van der Waals surface area (Å²) in [7, 11) is 0. The molecule has 4 rings (SSSR count). The molecule has 34 heavy (non-hydrogen) atoms. The van der Waals surface area contributed by atoms with Crippen molar-refractivity contribution in [3.8, 4) is 22.9 Å². The van der Waals surface area contributed by atoms with E-state index < -0.39 is 0 Å². The molecule has 2 aromatic carbocycles. The van der Waals surface area contributed by atoms with Gasteiger partial charge in [0, 0.05) is 23.9 Å². The second-order valence-corrected chi connectivity index (χ2v) is 9.27. The first-order valence-electron chi connectivity index (χ1n) is 10.8. The van der Waals surface area contributed by atoms with E-state index in [1.807, 2.05) is 6.07 Å². The van der Waals surface area contributed by atoms with Crippen molar-refractivity contribution in [1.29, 1.82) is 0 Å². The minimum absolute atomic E-state index is 0.126. The van der Waals surface area contributed by atoms with E-state index in [2.05, 4.69) is 36.2 Å². The summed E-state index contributed by atoms with van der Waals surface area (Å²) in [5, 5.41) is 17.7. The number of aromatic nitrogens is 3. The van der Waals surface area contributed by atoms with Crippen LogP contribution in [-0.2, 0) is 16.6 Å². The van der Waals surface area contributed by atoms with Gasteiger partial charge in [0.25, 0.3) is 0 Å². The predicted molar refractivity (Wildman–Crippen MR) is 132 cm³/mol. The number of benzene rings is 2. The number of anilines is 1. The van der Waals surface area contributed by atoms with Crippen LogP contribution in [0.5, 0.6) is 17.2 Å². The topological polar surface area (TPSA) is 89.3 Å². The van der Waals surface area contributed by atoms with Gasteiger partial charge in [0.15, 0.2) is 0 Å². The van der Waals surface area contributed by atoms with Crippen LogP contribution in [0.1, 0.15) is 32.0 Å². The van der Waals surface area contributed by atoms with Crippen LogP contribution in [0, 0.1) is 0 Å². The van der Waals surface area contributed by atoms with Crippen LogP contribution in [0.3, 0.4) is 0 Å². The van der Waals surface area contributed by atoms with E-state index in [1.54, 1.807) is 71.7 Å². The maximum atomic E-state index is 12.9. The Kier molecular flexibility index (Phi) is 6.56. The quantitative estimate of drug-likeness (QED) is 0.361. The van der Waals surface area contributed by atoms with Crippen molar-refractivity contribution >= 4 is 23.3 Å². The number of hydrogen-bond acceptors (Lipinski definition) is 5. The van der Waals surface area contributed by atoms with Gasteiger partial charge in [-0.25, -0.2) is 4.68 Å². The summed E-state index contributed by atoms with van der Waals surface area (Å²) < 4.78 is 7.43. The third kappa shape index (κ3) is 5.55. The minimum Gasteiger partial charge on any atom is -0.508 e. The van der Waals surface area contributed by atoms with Crippen LogP contribution < -0.4 is 10.1 Å². The molecule has 0 aliphatic heterocycles. The number of nitrogens with zero attached hydrogens (tertiary/aromatic N) is 3. The number of rotatable bonds is 6. The van der Waals surface area contributed by atoms with Crippen LogP contribution in [0.15, 0.2) is 73.1 Å². The van der Waals surface area contributed by atoms with E-state index in [1.165, 1.54) is 0 Å².